The lowest BCUT2D eigenvalue weighted by molar-refractivity contribution is -0.151. The lowest BCUT2D eigenvalue weighted by Crippen LogP contribution is -2.78. The predicted octanol–water partition coefficient (Wildman–Crippen LogP) is 0.685. The molecule has 2 saturated heterocycles. The first-order valence-corrected chi connectivity index (χ1v) is 7.10. The zero-order valence-corrected chi connectivity index (χ0v) is 12.4. The Morgan fingerprint density at radius 2 is 2.32 bits per heavy atom. The van der Waals surface area contributed by atoms with E-state index < -0.39 is 5.54 Å². The van der Waals surface area contributed by atoms with Crippen molar-refractivity contribution in [3.8, 4) is 0 Å². The molecule has 2 aliphatic heterocycles. The third-order valence-electron chi connectivity index (χ3n) is 4.63. The van der Waals surface area contributed by atoms with Crippen molar-refractivity contribution in [1.29, 1.82) is 0 Å². The van der Waals surface area contributed by atoms with Crippen LogP contribution < -0.4 is 10.6 Å². The molecule has 0 spiro atoms. The normalized spacial score (nSPS) is 34.3. The average Bonchev–Trinajstić information content (AvgIpc) is 2.36. The quantitative estimate of drug-likeness (QED) is 0.771. The Morgan fingerprint density at radius 3 is 2.95 bits per heavy atom. The van der Waals surface area contributed by atoms with Crippen molar-refractivity contribution in [3.05, 3.63) is 0 Å². The van der Waals surface area contributed by atoms with Crippen molar-refractivity contribution >= 4 is 5.91 Å². The maximum absolute atomic E-state index is 12.4. The van der Waals surface area contributed by atoms with Gasteiger partial charge in [-0.15, -0.1) is 0 Å². The van der Waals surface area contributed by atoms with Gasteiger partial charge >= 0.3 is 0 Å². The summed E-state index contributed by atoms with van der Waals surface area (Å²) in [5.74, 6) is 0.419. The summed E-state index contributed by atoms with van der Waals surface area (Å²) in [6.07, 6.45) is 1.57. The van der Waals surface area contributed by atoms with Crippen LogP contribution in [0.15, 0.2) is 0 Å². The average molecular weight is 270 g/mol. The molecule has 19 heavy (non-hydrogen) atoms. The van der Waals surface area contributed by atoms with Crippen molar-refractivity contribution in [1.82, 2.24) is 10.6 Å². The number of carbonyl (C=O) groups is 1. The third-order valence-corrected chi connectivity index (χ3v) is 4.63. The number of carbonyl (C=O) groups excluding carboxylic acids is 1. The minimum absolute atomic E-state index is 0.116. The smallest absolute Gasteiger partial charge is 0.240 e. The van der Waals surface area contributed by atoms with E-state index >= 15 is 0 Å². The summed E-state index contributed by atoms with van der Waals surface area (Å²) in [5.41, 5.74) is -0.588. The fourth-order valence-electron chi connectivity index (χ4n) is 3.02. The number of amides is 1. The number of hydrogen-bond donors (Lipinski definition) is 2. The Labute approximate surface area is 115 Å². The van der Waals surface area contributed by atoms with Crippen LogP contribution in [0.3, 0.4) is 0 Å². The zero-order valence-electron chi connectivity index (χ0n) is 12.4. The van der Waals surface area contributed by atoms with Gasteiger partial charge in [0, 0.05) is 32.2 Å². The van der Waals surface area contributed by atoms with Crippen molar-refractivity contribution in [2.24, 2.45) is 5.92 Å². The summed E-state index contributed by atoms with van der Waals surface area (Å²) in [5, 5.41) is 6.44. The second-order valence-electron chi connectivity index (χ2n) is 6.31. The Balaban J connectivity index is 1.86. The predicted molar refractivity (Wildman–Crippen MR) is 73.0 cm³/mol. The monoisotopic (exact) mass is 270 g/mol. The van der Waals surface area contributed by atoms with E-state index in [1.807, 2.05) is 13.8 Å². The van der Waals surface area contributed by atoms with Gasteiger partial charge in [0.2, 0.25) is 5.91 Å². The van der Waals surface area contributed by atoms with Gasteiger partial charge in [0.05, 0.1) is 12.2 Å². The third kappa shape index (κ3) is 2.78. The van der Waals surface area contributed by atoms with Crippen molar-refractivity contribution < 1.29 is 14.3 Å². The van der Waals surface area contributed by atoms with Gasteiger partial charge in [-0.25, -0.2) is 0 Å². The topological polar surface area (TPSA) is 59.6 Å². The van der Waals surface area contributed by atoms with Crippen LogP contribution in [0.4, 0.5) is 0 Å². The molecule has 2 aliphatic rings. The molecule has 5 heteroatoms. The Kier molecular flexibility index (Phi) is 4.18. The number of hydrogen-bond acceptors (Lipinski definition) is 4. The van der Waals surface area contributed by atoms with Crippen molar-refractivity contribution in [2.75, 3.05) is 26.9 Å². The largest absolute Gasteiger partial charge is 0.381 e. The molecule has 3 atom stereocenters. The molecule has 0 saturated carbocycles. The first-order valence-electron chi connectivity index (χ1n) is 7.10. The Bertz CT molecular complexity index is 342. The van der Waals surface area contributed by atoms with Crippen LogP contribution in [-0.4, -0.2) is 50.0 Å². The summed E-state index contributed by atoms with van der Waals surface area (Å²) in [7, 11) is 1.70. The lowest BCUT2D eigenvalue weighted by atomic mass is 9.67. The number of fused-ring (bicyclic) bond motifs is 1. The molecule has 0 aliphatic carbocycles. The summed E-state index contributed by atoms with van der Waals surface area (Å²) in [4.78, 5) is 12.4. The minimum Gasteiger partial charge on any atom is -0.381 e. The molecular formula is C14H26N2O3. The van der Waals surface area contributed by atoms with Crippen molar-refractivity contribution in [3.63, 3.8) is 0 Å². The molecule has 0 bridgehead atoms. The number of methoxy groups -OCH3 is 1. The van der Waals surface area contributed by atoms with E-state index in [-0.39, 0.29) is 11.5 Å². The van der Waals surface area contributed by atoms with E-state index in [4.69, 9.17) is 9.47 Å². The summed E-state index contributed by atoms with van der Waals surface area (Å²) < 4.78 is 10.8. The highest BCUT2D eigenvalue weighted by Gasteiger charge is 2.57. The van der Waals surface area contributed by atoms with Gasteiger partial charge in [-0.2, -0.15) is 0 Å². The van der Waals surface area contributed by atoms with E-state index in [2.05, 4.69) is 17.6 Å². The summed E-state index contributed by atoms with van der Waals surface area (Å²) in [6, 6.07) is 0.362. The van der Waals surface area contributed by atoms with Crippen molar-refractivity contribution in [2.45, 2.75) is 50.8 Å². The molecule has 0 radical (unpaired) electrons. The van der Waals surface area contributed by atoms with Crippen LogP contribution in [0.5, 0.6) is 0 Å². The maximum Gasteiger partial charge on any atom is 0.240 e. The summed E-state index contributed by atoms with van der Waals surface area (Å²) in [6.45, 7) is 8.15. The van der Waals surface area contributed by atoms with Gasteiger partial charge in [-0.3, -0.25) is 10.1 Å². The van der Waals surface area contributed by atoms with Gasteiger partial charge in [-0.1, -0.05) is 0 Å². The van der Waals surface area contributed by atoms with Gasteiger partial charge in [0.25, 0.3) is 0 Å². The second-order valence-corrected chi connectivity index (χ2v) is 6.31. The molecule has 0 aromatic rings. The van der Waals surface area contributed by atoms with E-state index in [1.54, 1.807) is 7.11 Å². The zero-order chi connectivity index (χ0) is 14.1. The molecule has 2 fully saturated rings. The fraction of sp³-hybridized carbons (Fsp3) is 0.929. The summed E-state index contributed by atoms with van der Waals surface area (Å²) >= 11 is 0. The van der Waals surface area contributed by atoms with Crippen LogP contribution in [0.2, 0.25) is 0 Å². The SMILES string of the molecule is COC(C)(C)CCNC(=O)C12CCOC[C@H]1[C@@H](C)N2. The van der Waals surface area contributed by atoms with Gasteiger partial charge in [0.1, 0.15) is 5.54 Å². The number of rotatable bonds is 5. The van der Waals surface area contributed by atoms with E-state index in [0.717, 1.165) is 12.8 Å². The highest BCUT2D eigenvalue weighted by molar-refractivity contribution is 5.88. The molecular weight excluding hydrogens is 244 g/mol. The maximum atomic E-state index is 12.4. The molecule has 2 N–H and O–H groups in total. The Morgan fingerprint density at radius 1 is 1.58 bits per heavy atom. The molecule has 2 heterocycles. The molecule has 5 nitrogen and oxygen atoms in total. The minimum atomic E-state index is -0.394. The molecule has 0 aromatic carbocycles. The van der Waals surface area contributed by atoms with Gasteiger partial charge in [0.15, 0.2) is 0 Å². The molecule has 2 rings (SSSR count). The van der Waals surface area contributed by atoms with Gasteiger partial charge in [-0.05, 0) is 33.6 Å². The molecule has 1 amide bonds. The molecule has 110 valence electrons. The van der Waals surface area contributed by atoms with E-state index in [1.165, 1.54) is 0 Å². The number of nitrogens with one attached hydrogen (secondary N) is 2. The van der Waals surface area contributed by atoms with Crippen LogP contribution >= 0.6 is 0 Å². The first-order chi connectivity index (χ1) is 8.91. The molecule has 0 aromatic heterocycles. The standard InChI is InChI=1S/C14H26N2O3/c1-10-11-9-19-8-6-14(11,16-10)12(17)15-7-5-13(2,3)18-4/h10-11,16H,5-9H2,1-4H3,(H,15,17)/t10-,11+,14?/m1/s1. The van der Waals surface area contributed by atoms with Gasteiger partial charge < -0.3 is 14.8 Å². The Hall–Kier alpha value is -0.650. The van der Waals surface area contributed by atoms with Crippen LogP contribution in [0.25, 0.3) is 0 Å². The second kappa shape index (κ2) is 5.38. The van der Waals surface area contributed by atoms with Crippen LogP contribution in [-0.2, 0) is 14.3 Å². The van der Waals surface area contributed by atoms with E-state index in [0.29, 0.717) is 31.7 Å². The lowest BCUT2D eigenvalue weighted by Gasteiger charge is -2.56. The van der Waals surface area contributed by atoms with Crippen LogP contribution in [0.1, 0.15) is 33.6 Å². The fourth-order valence-corrected chi connectivity index (χ4v) is 3.02. The highest BCUT2D eigenvalue weighted by Crippen LogP contribution is 2.38. The van der Waals surface area contributed by atoms with Crippen LogP contribution in [0, 0.1) is 5.92 Å². The first kappa shape index (κ1) is 14.8. The molecule has 1 unspecified atom stereocenters. The number of ether oxygens (including phenoxy) is 2. The van der Waals surface area contributed by atoms with E-state index in [9.17, 15) is 4.79 Å². The highest BCUT2D eigenvalue weighted by atomic mass is 16.5.